The minimum Gasteiger partial charge on any atom is -0.456 e. The Balaban J connectivity index is 1.14. The summed E-state index contributed by atoms with van der Waals surface area (Å²) in [5.74, 6) is 0. The number of fused-ring (bicyclic) bond motifs is 7. The second-order valence-corrected chi connectivity index (χ2v) is 15.2. The fraction of sp³-hybridized carbons (Fsp3) is 0. The molecule has 0 amide bonds. The summed E-state index contributed by atoms with van der Waals surface area (Å²) in [6.07, 6.45) is 0. The monoisotopic (exact) mass is 719 g/mol. The number of hydrogen-bond acceptors (Lipinski definition) is 3. The van der Waals surface area contributed by atoms with Gasteiger partial charge in [-0.05, 0) is 99.3 Å². The molecule has 9 aromatic carbocycles. The van der Waals surface area contributed by atoms with Gasteiger partial charge in [0.2, 0.25) is 0 Å². The number of para-hydroxylation sites is 1. The van der Waals surface area contributed by atoms with Crippen LogP contribution in [0.4, 0.5) is 17.1 Å². The van der Waals surface area contributed by atoms with E-state index < -0.39 is 0 Å². The first-order valence-corrected chi connectivity index (χ1v) is 19.5. The minimum absolute atomic E-state index is 0.894. The Labute approximate surface area is 322 Å². The predicted molar refractivity (Wildman–Crippen MR) is 235 cm³/mol. The van der Waals surface area contributed by atoms with Crippen molar-refractivity contribution in [3.63, 3.8) is 0 Å². The van der Waals surface area contributed by atoms with Gasteiger partial charge in [0, 0.05) is 47.9 Å². The van der Waals surface area contributed by atoms with Crippen LogP contribution in [0, 0.1) is 0 Å². The van der Waals surface area contributed by atoms with Crippen LogP contribution in [0.25, 0.3) is 86.3 Å². The van der Waals surface area contributed by atoms with Gasteiger partial charge in [-0.15, -0.1) is 11.3 Å². The molecular formula is C52H33NOS. The van der Waals surface area contributed by atoms with Gasteiger partial charge < -0.3 is 9.32 Å². The van der Waals surface area contributed by atoms with Gasteiger partial charge in [-0.1, -0.05) is 140 Å². The van der Waals surface area contributed by atoms with Gasteiger partial charge >= 0.3 is 0 Å². The second kappa shape index (κ2) is 12.9. The Hall–Kier alpha value is -6.94. The molecule has 0 spiro atoms. The van der Waals surface area contributed by atoms with E-state index >= 15 is 0 Å². The lowest BCUT2D eigenvalue weighted by molar-refractivity contribution is 0.669. The van der Waals surface area contributed by atoms with Gasteiger partial charge in [-0.25, -0.2) is 0 Å². The highest BCUT2D eigenvalue weighted by Crippen LogP contribution is 2.46. The number of thiophene rings is 1. The fourth-order valence-corrected chi connectivity index (χ4v) is 9.28. The number of rotatable bonds is 6. The maximum atomic E-state index is 6.33. The van der Waals surface area contributed by atoms with Crippen molar-refractivity contribution < 1.29 is 4.42 Å². The number of furan rings is 1. The molecule has 0 aliphatic heterocycles. The lowest BCUT2D eigenvalue weighted by atomic mass is 9.95. The highest BCUT2D eigenvalue weighted by molar-refractivity contribution is 7.25. The molecule has 0 radical (unpaired) electrons. The van der Waals surface area contributed by atoms with Crippen molar-refractivity contribution in [1.29, 1.82) is 0 Å². The van der Waals surface area contributed by atoms with E-state index in [1.807, 2.05) is 23.5 Å². The summed E-state index contributed by atoms with van der Waals surface area (Å²) in [5, 5.41) is 7.32. The second-order valence-electron chi connectivity index (χ2n) is 14.1. The molecule has 0 saturated carbocycles. The zero-order valence-corrected chi connectivity index (χ0v) is 30.6. The van der Waals surface area contributed by atoms with Crippen molar-refractivity contribution in [2.24, 2.45) is 0 Å². The molecule has 0 aliphatic rings. The van der Waals surface area contributed by atoms with E-state index in [-0.39, 0.29) is 0 Å². The third kappa shape index (κ3) is 5.48. The van der Waals surface area contributed by atoms with Crippen LogP contribution >= 0.6 is 11.3 Å². The smallest absolute Gasteiger partial charge is 0.136 e. The average Bonchev–Trinajstić information content (AvgIpc) is 3.82. The summed E-state index contributed by atoms with van der Waals surface area (Å²) < 4.78 is 8.90. The molecule has 0 saturated heterocycles. The Bertz CT molecular complexity index is 3230. The van der Waals surface area contributed by atoms with E-state index in [0.717, 1.165) is 55.7 Å². The van der Waals surface area contributed by atoms with Crippen LogP contribution in [0.15, 0.2) is 205 Å². The van der Waals surface area contributed by atoms with Crippen LogP contribution in [0.3, 0.4) is 0 Å². The van der Waals surface area contributed by atoms with Crippen LogP contribution < -0.4 is 4.90 Å². The number of benzene rings is 9. The molecule has 3 heteroatoms. The number of nitrogens with zero attached hydrogens (tertiary/aromatic N) is 1. The molecule has 55 heavy (non-hydrogen) atoms. The first-order chi connectivity index (χ1) is 27.2. The summed E-state index contributed by atoms with van der Waals surface area (Å²) in [7, 11) is 0. The van der Waals surface area contributed by atoms with E-state index in [9.17, 15) is 0 Å². The SMILES string of the molecule is c1ccc(-c2ccc(-c3ccc4ccccc4c3)cc2N(c2cccc(-c3ccc4c(c3)oc3ccccc34)c2)c2ccc3c(c2)sc2ccccc23)cc1. The van der Waals surface area contributed by atoms with Gasteiger partial charge in [-0.3, -0.25) is 0 Å². The third-order valence-electron chi connectivity index (χ3n) is 10.8. The molecule has 2 heterocycles. The molecule has 11 rings (SSSR count). The highest BCUT2D eigenvalue weighted by Gasteiger charge is 2.21. The van der Waals surface area contributed by atoms with E-state index in [0.29, 0.717) is 0 Å². The van der Waals surface area contributed by atoms with E-state index in [1.165, 1.54) is 47.6 Å². The van der Waals surface area contributed by atoms with Crippen LogP contribution in [0.2, 0.25) is 0 Å². The standard InChI is InChI=1S/C52H33NOS/c1-2-12-35(13-3-1)43-26-23-39(38-22-21-34-11-4-5-14-36(34)29-38)31-48(43)53(42-25-28-47-46-18-7-9-20-51(46)55-52(47)33-42)41-16-10-15-37(30-41)40-24-27-45-44-17-6-8-19-49(44)54-50(45)32-40/h1-33H. The maximum absolute atomic E-state index is 6.33. The predicted octanol–water partition coefficient (Wildman–Crippen LogP) is 15.6. The largest absolute Gasteiger partial charge is 0.456 e. The maximum Gasteiger partial charge on any atom is 0.136 e. The third-order valence-corrected chi connectivity index (χ3v) is 12.0. The van der Waals surface area contributed by atoms with Gasteiger partial charge in [0.05, 0.1) is 5.69 Å². The summed E-state index contributed by atoms with van der Waals surface area (Å²) in [6.45, 7) is 0. The van der Waals surface area contributed by atoms with Crippen LogP contribution in [-0.2, 0) is 0 Å². The molecule has 2 aromatic heterocycles. The summed E-state index contributed by atoms with van der Waals surface area (Å²) in [6, 6.07) is 72.5. The highest BCUT2D eigenvalue weighted by atomic mass is 32.1. The number of hydrogen-bond donors (Lipinski definition) is 0. The molecule has 0 aliphatic carbocycles. The average molecular weight is 720 g/mol. The topological polar surface area (TPSA) is 16.4 Å². The summed E-state index contributed by atoms with van der Waals surface area (Å²) >= 11 is 1.85. The van der Waals surface area contributed by atoms with E-state index in [4.69, 9.17) is 4.42 Å². The molecule has 0 atom stereocenters. The molecule has 2 nitrogen and oxygen atoms in total. The first-order valence-electron chi connectivity index (χ1n) is 18.7. The number of anilines is 3. The Morgan fingerprint density at radius 1 is 0.345 bits per heavy atom. The van der Waals surface area contributed by atoms with Crippen LogP contribution in [0.1, 0.15) is 0 Å². The lowest BCUT2D eigenvalue weighted by Gasteiger charge is -2.29. The zero-order valence-electron chi connectivity index (χ0n) is 29.8. The molecular weight excluding hydrogens is 687 g/mol. The van der Waals surface area contributed by atoms with Crippen molar-refractivity contribution in [3.05, 3.63) is 200 Å². The molecule has 11 aromatic rings. The first kappa shape index (κ1) is 31.6. The van der Waals surface area contributed by atoms with Crippen molar-refractivity contribution in [2.75, 3.05) is 4.90 Å². The van der Waals surface area contributed by atoms with E-state index in [1.54, 1.807) is 0 Å². The van der Waals surface area contributed by atoms with Crippen molar-refractivity contribution in [3.8, 4) is 33.4 Å². The van der Waals surface area contributed by atoms with Crippen molar-refractivity contribution in [1.82, 2.24) is 0 Å². The molecule has 258 valence electrons. The van der Waals surface area contributed by atoms with Gasteiger partial charge in [0.25, 0.3) is 0 Å². The fourth-order valence-electron chi connectivity index (χ4n) is 8.14. The minimum atomic E-state index is 0.894. The Morgan fingerprint density at radius 3 is 1.91 bits per heavy atom. The normalized spacial score (nSPS) is 11.6. The quantitative estimate of drug-likeness (QED) is 0.170. The van der Waals surface area contributed by atoms with Gasteiger partial charge in [0.1, 0.15) is 11.2 Å². The molecule has 0 N–H and O–H groups in total. The van der Waals surface area contributed by atoms with Gasteiger partial charge in [-0.2, -0.15) is 0 Å². The Morgan fingerprint density at radius 2 is 0.982 bits per heavy atom. The van der Waals surface area contributed by atoms with E-state index in [2.05, 4.69) is 193 Å². The van der Waals surface area contributed by atoms with Crippen LogP contribution in [-0.4, -0.2) is 0 Å². The van der Waals surface area contributed by atoms with Crippen LogP contribution in [0.5, 0.6) is 0 Å². The molecule has 0 unspecified atom stereocenters. The molecule has 0 bridgehead atoms. The van der Waals surface area contributed by atoms with Crippen molar-refractivity contribution in [2.45, 2.75) is 0 Å². The lowest BCUT2D eigenvalue weighted by Crippen LogP contribution is -2.11. The summed E-state index contributed by atoms with van der Waals surface area (Å²) in [5.41, 5.74) is 12.0. The zero-order chi connectivity index (χ0) is 36.3. The summed E-state index contributed by atoms with van der Waals surface area (Å²) in [4.78, 5) is 2.44. The van der Waals surface area contributed by atoms with Gasteiger partial charge in [0.15, 0.2) is 0 Å². The van der Waals surface area contributed by atoms with Crippen molar-refractivity contribution >= 4 is 81.3 Å². The molecule has 0 fully saturated rings. The Kier molecular flexibility index (Phi) is 7.39.